The molecule has 0 saturated carbocycles. The number of hydrogen-bond acceptors (Lipinski definition) is 3. The molecule has 1 aromatic carbocycles. The van der Waals surface area contributed by atoms with Gasteiger partial charge in [-0.1, -0.05) is 27.5 Å². The number of amides is 1. The molecule has 4 nitrogen and oxygen atoms in total. The molecule has 1 aromatic rings. The highest BCUT2D eigenvalue weighted by atomic mass is 79.9. The van der Waals surface area contributed by atoms with Crippen molar-refractivity contribution < 1.29 is 9.53 Å². The van der Waals surface area contributed by atoms with Crippen LogP contribution in [0.3, 0.4) is 0 Å². The molecule has 6 heteroatoms. The summed E-state index contributed by atoms with van der Waals surface area (Å²) in [4.78, 5) is 14.4. The van der Waals surface area contributed by atoms with Crippen LogP contribution in [0.5, 0.6) is 5.75 Å². The van der Waals surface area contributed by atoms with Crippen LogP contribution < -0.4 is 10.1 Å². The predicted octanol–water partition coefficient (Wildman–Crippen LogP) is 3.08. The first-order valence-electron chi connectivity index (χ1n) is 7.06. The standard InChI is InChI=1S/C15H20BrClN2O2/c1-10(21-14-4-3-11(16)9-13(14)17)15(20)18-12-5-7-19(2)8-6-12/h3-4,9-10,12H,5-8H2,1-2H3,(H,18,20)/t10-/m1/s1. The lowest BCUT2D eigenvalue weighted by Crippen LogP contribution is -2.47. The maximum Gasteiger partial charge on any atom is 0.260 e. The highest BCUT2D eigenvalue weighted by Crippen LogP contribution is 2.28. The van der Waals surface area contributed by atoms with E-state index in [0.29, 0.717) is 10.8 Å². The molecule has 1 saturated heterocycles. The second kappa shape index (κ2) is 7.47. The van der Waals surface area contributed by atoms with Crippen LogP contribution >= 0.6 is 27.5 Å². The fourth-order valence-corrected chi connectivity index (χ4v) is 3.00. The van der Waals surface area contributed by atoms with Crippen LogP contribution in [-0.2, 0) is 4.79 Å². The summed E-state index contributed by atoms with van der Waals surface area (Å²) < 4.78 is 6.53. The zero-order valence-electron chi connectivity index (χ0n) is 12.2. The summed E-state index contributed by atoms with van der Waals surface area (Å²) in [6.45, 7) is 3.76. The summed E-state index contributed by atoms with van der Waals surface area (Å²) in [7, 11) is 2.10. The van der Waals surface area contributed by atoms with E-state index in [-0.39, 0.29) is 11.9 Å². The fraction of sp³-hybridized carbons (Fsp3) is 0.533. The van der Waals surface area contributed by atoms with E-state index in [0.717, 1.165) is 30.4 Å². The number of likely N-dealkylation sites (tertiary alicyclic amines) is 1. The van der Waals surface area contributed by atoms with Crippen molar-refractivity contribution in [3.05, 3.63) is 27.7 Å². The summed E-state index contributed by atoms with van der Waals surface area (Å²) in [5.41, 5.74) is 0. The Morgan fingerprint density at radius 3 is 2.76 bits per heavy atom. The van der Waals surface area contributed by atoms with Crippen molar-refractivity contribution in [2.45, 2.75) is 31.9 Å². The van der Waals surface area contributed by atoms with Gasteiger partial charge in [0.05, 0.1) is 5.02 Å². The number of nitrogens with zero attached hydrogens (tertiary/aromatic N) is 1. The summed E-state index contributed by atoms with van der Waals surface area (Å²) in [6.07, 6.45) is 1.39. The van der Waals surface area contributed by atoms with E-state index >= 15 is 0 Å². The molecule has 0 aliphatic carbocycles. The average Bonchev–Trinajstić information content (AvgIpc) is 2.44. The van der Waals surface area contributed by atoms with Gasteiger partial charge in [0.15, 0.2) is 6.10 Å². The number of hydrogen-bond donors (Lipinski definition) is 1. The first-order valence-corrected chi connectivity index (χ1v) is 8.23. The number of rotatable bonds is 4. The first kappa shape index (κ1) is 16.6. The summed E-state index contributed by atoms with van der Waals surface area (Å²) >= 11 is 9.43. The summed E-state index contributed by atoms with van der Waals surface area (Å²) in [6, 6.07) is 5.58. The van der Waals surface area contributed by atoms with Crippen LogP contribution in [0.2, 0.25) is 5.02 Å². The molecular weight excluding hydrogens is 356 g/mol. The third-order valence-corrected chi connectivity index (χ3v) is 4.42. The molecule has 0 unspecified atom stereocenters. The Balaban J connectivity index is 1.87. The smallest absolute Gasteiger partial charge is 0.260 e. The van der Waals surface area contributed by atoms with Gasteiger partial charge < -0.3 is 15.0 Å². The zero-order chi connectivity index (χ0) is 15.4. The third kappa shape index (κ3) is 4.87. The second-order valence-corrected chi connectivity index (χ2v) is 6.74. The minimum absolute atomic E-state index is 0.0939. The van der Waals surface area contributed by atoms with Crippen LogP contribution in [0.1, 0.15) is 19.8 Å². The molecule has 0 aromatic heterocycles. The molecule has 1 N–H and O–H groups in total. The third-order valence-electron chi connectivity index (χ3n) is 3.63. The molecule has 1 aliphatic heterocycles. The van der Waals surface area contributed by atoms with Gasteiger partial charge in [-0.3, -0.25) is 4.79 Å². The largest absolute Gasteiger partial charge is 0.479 e. The van der Waals surface area contributed by atoms with Crippen LogP contribution in [0.15, 0.2) is 22.7 Å². The molecule has 21 heavy (non-hydrogen) atoms. The van der Waals surface area contributed by atoms with Gasteiger partial charge >= 0.3 is 0 Å². The van der Waals surface area contributed by atoms with Crippen LogP contribution in [0, 0.1) is 0 Å². The minimum atomic E-state index is -0.566. The Morgan fingerprint density at radius 2 is 2.14 bits per heavy atom. The monoisotopic (exact) mass is 374 g/mol. The van der Waals surface area contributed by atoms with Gasteiger partial charge in [0.2, 0.25) is 0 Å². The van der Waals surface area contributed by atoms with Crippen molar-refractivity contribution in [3.8, 4) is 5.75 Å². The number of carbonyl (C=O) groups is 1. The molecule has 2 rings (SSSR count). The van der Waals surface area contributed by atoms with Crippen LogP contribution in [0.4, 0.5) is 0 Å². The molecular formula is C15H20BrClN2O2. The van der Waals surface area contributed by atoms with Crippen molar-refractivity contribution >= 4 is 33.4 Å². The van der Waals surface area contributed by atoms with E-state index in [1.165, 1.54) is 0 Å². The van der Waals surface area contributed by atoms with Gasteiger partial charge in [-0.05, 0) is 58.1 Å². The zero-order valence-corrected chi connectivity index (χ0v) is 14.6. The predicted molar refractivity (Wildman–Crippen MR) is 87.9 cm³/mol. The van der Waals surface area contributed by atoms with Gasteiger partial charge in [0, 0.05) is 10.5 Å². The van der Waals surface area contributed by atoms with Gasteiger partial charge in [0.25, 0.3) is 5.91 Å². The van der Waals surface area contributed by atoms with E-state index < -0.39 is 6.10 Å². The fourth-order valence-electron chi connectivity index (χ4n) is 2.29. The summed E-state index contributed by atoms with van der Waals surface area (Å²) in [5, 5.41) is 3.54. The maximum atomic E-state index is 12.2. The lowest BCUT2D eigenvalue weighted by atomic mass is 10.1. The maximum absolute atomic E-state index is 12.2. The van der Waals surface area contributed by atoms with E-state index in [1.807, 2.05) is 6.07 Å². The highest BCUT2D eigenvalue weighted by molar-refractivity contribution is 9.10. The van der Waals surface area contributed by atoms with Crippen LogP contribution in [-0.4, -0.2) is 43.1 Å². The van der Waals surface area contributed by atoms with Crippen molar-refractivity contribution in [1.29, 1.82) is 0 Å². The highest BCUT2D eigenvalue weighted by Gasteiger charge is 2.22. The summed E-state index contributed by atoms with van der Waals surface area (Å²) in [5.74, 6) is 0.425. The molecule has 1 atom stereocenters. The van der Waals surface area contributed by atoms with Gasteiger partial charge in [0.1, 0.15) is 5.75 Å². The number of piperidine rings is 1. The molecule has 0 radical (unpaired) electrons. The molecule has 1 aliphatic rings. The SMILES string of the molecule is C[C@@H](Oc1ccc(Br)cc1Cl)C(=O)NC1CCN(C)CC1. The lowest BCUT2D eigenvalue weighted by molar-refractivity contribution is -0.128. The molecule has 1 amide bonds. The van der Waals surface area contributed by atoms with Crippen molar-refractivity contribution in [3.63, 3.8) is 0 Å². The quantitative estimate of drug-likeness (QED) is 0.879. The second-order valence-electron chi connectivity index (χ2n) is 5.42. The first-order chi connectivity index (χ1) is 9.95. The average molecular weight is 376 g/mol. The number of carbonyl (C=O) groups excluding carboxylic acids is 1. The molecule has 1 fully saturated rings. The van der Waals surface area contributed by atoms with E-state index in [2.05, 4.69) is 33.2 Å². The number of ether oxygens (including phenoxy) is 1. The van der Waals surface area contributed by atoms with Crippen molar-refractivity contribution in [1.82, 2.24) is 10.2 Å². The molecule has 0 bridgehead atoms. The number of halogens is 2. The Labute approximate surface area is 138 Å². The molecule has 0 spiro atoms. The van der Waals surface area contributed by atoms with Gasteiger partial charge in [-0.25, -0.2) is 0 Å². The topological polar surface area (TPSA) is 41.6 Å². The Morgan fingerprint density at radius 1 is 1.48 bits per heavy atom. The lowest BCUT2D eigenvalue weighted by Gasteiger charge is -2.30. The Hall–Kier alpha value is -0.780. The molecule has 1 heterocycles. The van der Waals surface area contributed by atoms with Crippen molar-refractivity contribution in [2.75, 3.05) is 20.1 Å². The van der Waals surface area contributed by atoms with E-state index in [9.17, 15) is 4.79 Å². The number of benzene rings is 1. The minimum Gasteiger partial charge on any atom is -0.479 e. The van der Waals surface area contributed by atoms with Crippen molar-refractivity contribution in [2.24, 2.45) is 0 Å². The van der Waals surface area contributed by atoms with Gasteiger partial charge in [-0.15, -0.1) is 0 Å². The normalized spacial score (nSPS) is 18.3. The molecule has 116 valence electrons. The Bertz CT molecular complexity index is 504. The Kier molecular flexibility index (Phi) is 5.90. The van der Waals surface area contributed by atoms with Gasteiger partial charge in [-0.2, -0.15) is 0 Å². The van der Waals surface area contributed by atoms with E-state index in [1.54, 1.807) is 19.1 Å². The van der Waals surface area contributed by atoms with Crippen LogP contribution in [0.25, 0.3) is 0 Å². The number of nitrogens with one attached hydrogen (secondary N) is 1. The van der Waals surface area contributed by atoms with E-state index in [4.69, 9.17) is 16.3 Å².